The zero-order valence-corrected chi connectivity index (χ0v) is 9.87. The van der Waals surface area contributed by atoms with Gasteiger partial charge in [0, 0.05) is 0 Å². The minimum absolute atomic E-state index is 0.0848. The van der Waals surface area contributed by atoms with Gasteiger partial charge >= 0.3 is 5.97 Å². The number of nitrogens with two attached hydrogens (primary N) is 1. The lowest BCUT2D eigenvalue weighted by molar-refractivity contribution is 0.0660. The van der Waals surface area contributed by atoms with Crippen LogP contribution in [0.25, 0.3) is 0 Å². The quantitative estimate of drug-likeness (QED) is 0.582. The van der Waals surface area contributed by atoms with E-state index in [2.05, 4.69) is 5.32 Å². The van der Waals surface area contributed by atoms with Gasteiger partial charge in [0.15, 0.2) is 0 Å². The number of carboxylic acids is 1. The van der Waals surface area contributed by atoms with E-state index in [0.29, 0.717) is 25.3 Å². The van der Waals surface area contributed by atoms with Crippen molar-refractivity contribution < 1.29 is 22.7 Å². The standard InChI is InChI=1S/C9H14N2O5S/c10-17(14,15)5-1-4-11-6-7-2-3-8(16-7)9(12)13/h2-3,11H,1,4-6H2,(H,12,13)(H2,10,14,15). The summed E-state index contributed by atoms with van der Waals surface area (Å²) in [5.74, 6) is -0.840. The predicted octanol–water partition coefficient (Wildman–Crippen LogP) is -0.254. The van der Waals surface area contributed by atoms with Crippen LogP contribution in [0.5, 0.6) is 0 Å². The van der Waals surface area contributed by atoms with E-state index in [4.69, 9.17) is 14.7 Å². The van der Waals surface area contributed by atoms with Crippen molar-refractivity contribution >= 4 is 16.0 Å². The summed E-state index contributed by atoms with van der Waals surface area (Å²) in [6, 6.07) is 2.92. The molecule has 4 N–H and O–H groups in total. The average molecular weight is 262 g/mol. The van der Waals surface area contributed by atoms with Gasteiger partial charge < -0.3 is 14.8 Å². The fraction of sp³-hybridized carbons (Fsp3) is 0.444. The summed E-state index contributed by atoms with van der Waals surface area (Å²) < 4.78 is 26.2. The molecule has 0 spiro atoms. The number of hydrogen-bond acceptors (Lipinski definition) is 5. The summed E-state index contributed by atoms with van der Waals surface area (Å²) in [5.41, 5.74) is 0. The van der Waals surface area contributed by atoms with E-state index in [1.165, 1.54) is 6.07 Å². The Morgan fingerprint density at radius 1 is 1.47 bits per heavy atom. The maximum absolute atomic E-state index is 10.6. The van der Waals surface area contributed by atoms with Gasteiger partial charge in [0.05, 0.1) is 12.3 Å². The van der Waals surface area contributed by atoms with Gasteiger partial charge in [-0.25, -0.2) is 18.4 Å². The average Bonchev–Trinajstić information content (AvgIpc) is 2.64. The van der Waals surface area contributed by atoms with Crippen LogP contribution in [-0.4, -0.2) is 31.8 Å². The lowest BCUT2D eigenvalue weighted by Crippen LogP contribution is -2.21. The highest BCUT2D eigenvalue weighted by Crippen LogP contribution is 2.07. The van der Waals surface area contributed by atoms with Gasteiger partial charge in [-0.2, -0.15) is 0 Å². The van der Waals surface area contributed by atoms with Crippen LogP contribution < -0.4 is 10.5 Å². The summed E-state index contributed by atoms with van der Waals surface area (Å²) in [6.45, 7) is 0.803. The first-order valence-electron chi connectivity index (χ1n) is 4.92. The Kier molecular flexibility index (Phi) is 4.67. The van der Waals surface area contributed by atoms with Crippen molar-refractivity contribution in [2.75, 3.05) is 12.3 Å². The Morgan fingerprint density at radius 3 is 2.71 bits per heavy atom. The lowest BCUT2D eigenvalue weighted by Gasteiger charge is -2.01. The third-order valence-electron chi connectivity index (χ3n) is 1.95. The second-order valence-corrected chi connectivity index (χ2v) is 5.20. The topological polar surface area (TPSA) is 123 Å². The Morgan fingerprint density at radius 2 is 2.18 bits per heavy atom. The Balaban J connectivity index is 2.24. The van der Waals surface area contributed by atoms with Crippen LogP contribution in [0.3, 0.4) is 0 Å². The van der Waals surface area contributed by atoms with Crippen LogP contribution in [0, 0.1) is 0 Å². The molecular weight excluding hydrogens is 248 g/mol. The van der Waals surface area contributed by atoms with Gasteiger partial charge in [-0.3, -0.25) is 0 Å². The second-order valence-electron chi connectivity index (χ2n) is 3.47. The predicted molar refractivity (Wildman–Crippen MR) is 60.0 cm³/mol. The smallest absolute Gasteiger partial charge is 0.371 e. The molecule has 0 fully saturated rings. The highest BCUT2D eigenvalue weighted by molar-refractivity contribution is 7.89. The molecule has 0 aliphatic rings. The van der Waals surface area contributed by atoms with E-state index in [1.807, 2.05) is 0 Å². The summed E-state index contributed by atoms with van der Waals surface area (Å²) >= 11 is 0. The first-order valence-corrected chi connectivity index (χ1v) is 6.63. The van der Waals surface area contributed by atoms with Crippen LogP contribution in [-0.2, 0) is 16.6 Å². The molecule has 0 atom stereocenters. The van der Waals surface area contributed by atoms with Gasteiger partial charge in [-0.1, -0.05) is 0 Å². The monoisotopic (exact) mass is 262 g/mol. The molecule has 0 saturated carbocycles. The third kappa shape index (κ3) is 5.48. The van der Waals surface area contributed by atoms with Crippen molar-refractivity contribution in [2.45, 2.75) is 13.0 Å². The highest BCUT2D eigenvalue weighted by atomic mass is 32.2. The normalized spacial score (nSPS) is 11.6. The van der Waals surface area contributed by atoms with Crippen molar-refractivity contribution in [3.8, 4) is 0 Å². The first kappa shape index (κ1) is 13.7. The number of carboxylic acid groups (broad SMARTS) is 1. The molecule has 0 saturated heterocycles. The van der Waals surface area contributed by atoms with Gasteiger partial charge in [0.2, 0.25) is 15.8 Å². The molecule has 17 heavy (non-hydrogen) atoms. The van der Waals surface area contributed by atoms with Gasteiger partial charge in [-0.05, 0) is 25.1 Å². The highest BCUT2D eigenvalue weighted by Gasteiger charge is 2.08. The molecule has 0 unspecified atom stereocenters. The number of primary sulfonamides is 1. The molecule has 0 aliphatic carbocycles. The van der Waals surface area contributed by atoms with Gasteiger partial charge in [-0.15, -0.1) is 0 Å². The summed E-state index contributed by atoms with van der Waals surface area (Å²) in [4.78, 5) is 10.5. The van der Waals surface area contributed by atoms with E-state index in [9.17, 15) is 13.2 Å². The van der Waals surface area contributed by atoms with Gasteiger partial charge in [0.1, 0.15) is 5.76 Å². The molecule has 0 bridgehead atoms. The number of sulfonamides is 1. The summed E-state index contributed by atoms with van der Waals surface area (Å²) in [6.07, 6.45) is 0.394. The van der Waals surface area contributed by atoms with Crippen LogP contribution in [0.4, 0.5) is 0 Å². The molecule has 0 amide bonds. The Labute approximate surface area is 98.7 Å². The lowest BCUT2D eigenvalue weighted by atomic mass is 10.4. The minimum Gasteiger partial charge on any atom is -0.475 e. The van der Waals surface area contributed by atoms with Gasteiger partial charge in [0.25, 0.3) is 0 Å². The summed E-state index contributed by atoms with van der Waals surface area (Å²) in [5, 5.41) is 16.3. The third-order valence-corrected chi connectivity index (χ3v) is 2.81. The molecule has 0 aromatic carbocycles. The number of aromatic carboxylic acids is 1. The van der Waals surface area contributed by atoms with Crippen molar-refractivity contribution in [1.82, 2.24) is 5.32 Å². The van der Waals surface area contributed by atoms with Crippen LogP contribution in [0.1, 0.15) is 22.7 Å². The maximum Gasteiger partial charge on any atom is 0.371 e. The van der Waals surface area contributed by atoms with Crippen molar-refractivity contribution in [3.63, 3.8) is 0 Å². The second kappa shape index (κ2) is 5.80. The minimum atomic E-state index is -3.42. The molecule has 1 aromatic heterocycles. The van der Waals surface area contributed by atoms with E-state index in [0.717, 1.165) is 0 Å². The maximum atomic E-state index is 10.6. The number of carbonyl (C=O) groups is 1. The van der Waals surface area contributed by atoms with Crippen LogP contribution in [0.15, 0.2) is 16.5 Å². The van der Waals surface area contributed by atoms with Crippen LogP contribution >= 0.6 is 0 Å². The molecule has 0 radical (unpaired) electrons. The zero-order chi connectivity index (χ0) is 12.9. The molecule has 1 rings (SSSR count). The molecule has 1 heterocycles. The SMILES string of the molecule is NS(=O)(=O)CCCNCc1ccc(C(=O)O)o1. The Hall–Kier alpha value is -1.38. The molecule has 96 valence electrons. The first-order chi connectivity index (χ1) is 7.88. The largest absolute Gasteiger partial charge is 0.475 e. The van der Waals surface area contributed by atoms with Crippen molar-refractivity contribution in [1.29, 1.82) is 0 Å². The molecule has 1 aromatic rings. The molecule has 0 aliphatic heterocycles. The number of furan rings is 1. The van der Waals surface area contributed by atoms with E-state index in [1.54, 1.807) is 6.07 Å². The van der Waals surface area contributed by atoms with Crippen molar-refractivity contribution in [3.05, 3.63) is 23.7 Å². The van der Waals surface area contributed by atoms with E-state index in [-0.39, 0.29) is 11.5 Å². The number of nitrogens with one attached hydrogen (secondary N) is 1. The zero-order valence-electron chi connectivity index (χ0n) is 9.05. The number of hydrogen-bond donors (Lipinski definition) is 3. The van der Waals surface area contributed by atoms with E-state index < -0.39 is 16.0 Å². The molecular formula is C9H14N2O5S. The number of rotatable bonds is 7. The fourth-order valence-corrected chi connectivity index (χ4v) is 1.74. The molecule has 7 nitrogen and oxygen atoms in total. The molecule has 8 heteroatoms. The fourth-order valence-electron chi connectivity index (χ4n) is 1.20. The van der Waals surface area contributed by atoms with E-state index >= 15 is 0 Å². The Bertz CT molecular complexity index is 479. The van der Waals surface area contributed by atoms with Crippen molar-refractivity contribution in [2.24, 2.45) is 5.14 Å². The summed E-state index contributed by atoms with van der Waals surface area (Å²) in [7, 11) is -3.42. The van der Waals surface area contributed by atoms with Crippen LogP contribution in [0.2, 0.25) is 0 Å².